The molecule has 0 spiro atoms. The lowest BCUT2D eigenvalue weighted by Crippen LogP contribution is -2.36. The first-order valence-corrected chi connectivity index (χ1v) is 9.10. The number of anilines is 1. The van der Waals surface area contributed by atoms with Gasteiger partial charge in [-0.3, -0.25) is 4.79 Å². The number of amides is 1. The second-order valence-corrected chi connectivity index (χ2v) is 6.88. The smallest absolute Gasteiger partial charge is 0.227 e. The minimum absolute atomic E-state index is 0.0383. The van der Waals surface area contributed by atoms with Crippen molar-refractivity contribution < 1.29 is 18.7 Å². The number of rotatable bonds is 3. The first kappa shape index (κ1) is 16.9. The topological polar surface area (TPSA) is 38.8 Å². The zero-order valence-corrected chi connectivity index (χ0v) is 14.9. The molecule has 136 valence electrons. The van der Waals surface area contributed by atoms with Crippen molar-refractivity contribution in [3.05, 3.63) is 52.8 Å². The van der Waals surface area contributed by atoms with Crippen LogP contribution < -0.4 is 14.4 Å². The van der Waals surface area contributed by atoms with Crippen molar-refractivity contribution in [1.29, 1.82) is 0 Å². The average molecular weight is 355 g/mol. The van der Waals surface area contributed by atoms with Gasteiger partial charge in [0.25, 0.3) is 0 Å². The summed E-state index contributed by atoms with van der Waals surface area (Å²) in [6, 6.07) is 9.25. The molecule has 26 heavy (non-hydrogen) atoms. The number of hydrogen-bond donors (Lipinski definition) is 0. The van der Waals surface area contributed by atoms with Gasteiger partial charge in [-0.2, -0.15) is 0 Å². The summed E-state index contributed by atoms with van der Waals surface area (Å²) in [6.45, 7) is 3.56. The standard InChI is InChI=1S/C21H22FNO3/c1-14-11-16-3-2-8-23(21(16)17(22)12-14)20(24)7-5-15-4-6-18-19(13-15)26-10-9-25-18/h4,6,11-13H,2-3,5,7-10H2,1H3. The highest BCUT2D eigenvalue weighted by Gasteiger charge is 2.26. The molecule has 0 radical (unpaired) electrons. The fourth-order valence-electron chi connectivity index (χ4n) is 3.72. The number of hydrogen-bond acceptors (Lipinski definition) is 3. The van der Waals surface area contributed by atoms with E-state index in [1.54, 1.807) is 4.90 Å². The Hall–Kier alpha value is -2.56. The lowest BCUT2D eigenvalue weighted by Gasteiger charge is -2.30. The van der Waals surface area contributed by atoms with Gasteiger partial charge < -0.3 is 14.4 Å². The van der Waals surface area contributed by atoms with Gasteiger partial charge in [-0.25, -0.2) is 4.39 Å². The maximum absolute atomic E-state index is 14.5. The van der Waals surface area contributed by atoms with Crippen LogP contribution in [-0.4, -0.2) is 25.7 Å². The molecule has 5 heteroatoms. The van der Waals surface area contributed by atoms with Crippen LogP contribution in [-0.2, 0) is 17.6 Å². The number of carbonyl (C=O) groups is 1. The van der Waals surface area contributed by atoms with E-state index in [4.69, 9.17) is 9.47 Å². The Kier molecular flexibility index (Phi) is 4.53. The summed E-state index contributed by atoms with van der Waals surface area (Å²) in [6.07, 6.45) is 2.62. The van der Waals surface area contributed by atoms with Crippen molar-refractivity contribution in [1.82, 2.24) is 0 Å². The summed E-state index contributed by atoms with van der Waals surface area (Å²) < 4.78 is 25.6. The molecule has 0 saturated carbocycles. The lowest BCUT2D eigenvalue weighted by atomic mass is 9.98. The molecule has 0 aliphatic carbocycles. The summed E-state index contributed by atoms with van der Waals surface area (Å²) in [5.74, 6) is 1.13. The number of nitrogens with zero attached hydrogens (tertiary/aromatic N) is 1. The van der Waals surface area contributed by atoms with E-state index in [2.05, 4.69) is 0 Å². The van der Waals surface area contributed by atoms with E-state index in [0.717, 1.165) is 41.0 Å². The molecule has 0 unspecified atom stereocenters. The monoisotopic (exact) mass is 355 g/mol. The molecular weight excluding hydrogens is 333 g/mol. The third-order valence-electron chi connectivity index (χ3n) is 4.92. The van der Waals surface area contributed by atoms with E-state index in [0.29, 0.717) is 38.3 Å². The molecule has 4 nitrogen and oxygen atoms in total. The Bertz CT molecular complexity index is 849. The van der Waals surface area contributed by atoms with Crippen LogP contribution in [0.3, 0.4) is 0 Å². The maximum Gasteiger partial charge on any atom is 0.227 e. The molecule has 2 aromatic rings. The zero-order chi connectivity index (χ0) is 18.1. The minimum Gasteiger partial charge on any atom is -0.486 e. The van der Waals surface area contributed by atoms with Crippen LogP contribution in [0.15, 0.2) is 30.3 Å². The van der Waals surface area contributed by atoms with E-state index in [-0.39, 0.29) is 11.7 Å². The van der Waals surface area contributed by atoms with Crippen LogP contribution in [0.2, 0.25) is 0 Å². The van der Waals surface area contributed by atoms with Crippen molar-refractivity contribution in [2.75, 3.05) is 24.7 Å². The van der Waals surface area contributed by atoms with Gasteiger partial charge in [0.2, 0.25) is 5.91 Å². The Morgan fingerprint density at radius 3 is 2.81 bits per heavy atom. The SMILES string of the molecule is Cc1cc(F)c2c(c1)CCCN2C(=O)CCc1ccc2c(c1)OCCO2. The second kappa shape index (κ2) is 6.98. The molecule has 1 amide bonds. The van der Waals surface area contributed by atoms with E-state index in [9.17, 15) is 9.18 Å². The molecule has 2 aromatic carbocycles. The molecular formula is C21H22FNO3. The van der Waals surface area contributed by atoms with Gasteiger partial charge in [0, 0.05) is 13.0 Å². The molecule has 0 aromatic heterocycles. The van der Waals surface area contributed by atoms with Crippen molar-refractivity contribution >= 4 is 11.6 Å². The number of fused-ring (bicyclic) bond motifs is 2. The Balaban J connectivity index is 1.48. The largest absolute Gasteiger partial charge is 0.486 e. The minimum atomic E-state index is -0.299. The third kappa shape index (κ3) is 3.26. The van der Waals surface area contributed by atoms with Gasteiger partial charge in [-0.15, -0.1) is 0 Å². The fraction of sp³-hybridized carbons (Fsp3) is 0.381. The van der Waals surface area contributed by atoms with E-state index in [1.807, 2.05) is 31.2 Å². The number of ether oxygens (including phenoxy) is 2. The summed E-state index contributed by atoms with van der Waals surface area (Å²) in [7, 11) is 0. The van der Waals surface area contributed by atoms with Gasteiger partial charge >= 0.3 is 0 Å². The van der Waals surface area contributed by atoms with Crippen LogP contribution in [0.5, 0.6) is 11.5 Å². The summed E-state index contributed by atoms with van der Waals surface area (Å²) in [4.78, 5) is 14.4. The predicted octanol–water partition coefficient (Wildman–Crippen LogP) is 3.82. The van der Waals surface area contributed by atoms with Gasteiger partial charge in [-0.1, -0.05) is 12.1 Å². The van der Waals surface area contributed by atoms with Crippen molar-refractivity contribution in [3.8, 4) is 11.5 Å². The molecule has 0 fully saturated rings. The van der Waals surface area contributed by atoms with Crippen LogP contribution in [0, 0.1) is 12.7 Å². The average Bonchev–Trinajstić information content (AvgIpc) is 2.65. The van der Waals surface area contributed by atoms with Crippen molar-refractivity contribution in [3.63, 3.8) is 0 Å². The van der Waals surface area contributed by atoms with Crippen LogP contribution >= 0.6 is 0 Å². The molecule has 2 aliphatic heterocycles. The van der Waals surface area contributed by atoms with Crippen LogP contribution in [0.1, 0.15) is 29.5 Å². The van der Waals surface area contributed by atoms with Gasteiger partial charge in [0.15, 0.2) is 11.5 Å². The molecule has 2 aliphatic rings. The second-order valence-electron chi connectivity index (χ2n) is 6.88. The summed E-state index contributed by atoms with van der Waals surface area (Å²) in [5, 5.41) is 0. The van der Waals surface area contributed by atoms with Crippen LogP contribution in [0.25, 0.3) is 0 Å². The Morgan fingerprint density at radius 2 is 1.96 bits per heavy atom. The molecule has 4 rings (SSSR count). The number of aryl methyl sites for hydroxylation is 3. The highest BCUT2D eigenvalue weighted by molar-refractivity contribution is 5.95. The molecule has 0 N–H and O–H groups in total. The Labute approximate surface area is 152 Å². The fourth-order valence-corrected chi connectivity index (χ4v) is 3.72. The molecule has 0 atom stereocenters. The molecule has 0 saturated heterocycles. The van der Waals surface area contributed by atoms with Crippen molar-refractivity contribution in [2.45, 2.75) is 32.6 Å². The van der Waals surface area contributed by atoms with E-state index < -0.39 is 0 Å². The zero-order valence-electron chi connectivity index (χ0n) is 14.9. The van der Waals surface area contributed by atoms with Gasteiger partial charge in [-0.05, 0) is 61.1 Å². The maximum atomic E-state index is 14.5. The quantitative estimate of drug-likeness (QED) is 0.840. The van der Waals surface area contributed by atoms with Crippen molar-refractivity contribution in [2.24, 2.45) is 0 Å². The predicted molar refractivity (Wildman–Crippen MR) is 97.6 cm³/mol. The first-order valence-electron chi connectivity index (χ1n) is 9.10. The number of halogens is 1. The van der Waals surface area contributed by atoms with E-state index >= 15 is 0 Å². The number of carbonyl (C=O) groups excluding carboxylic acids is 1. The van der Waals surface area contributed by atoms with E-state index in [1.165, 1.54) is 6.07 Å². The molecule has 0 bridgehead atoms. The first-order chi connectivity index (χ1) is 12.6. The number of benzene rings is 2. The van der Waals surface area contributed by atoms with Crippen LogP contribution in [0.4, 0.5) is 10.1 Å². The summed E-state index contributed by atoms with van der Waals surface area (Å²) >= 11 is 0. The summed E-state index contributed by atoms with van der Waals surface area (Å²) in [5.41, 5.74) is 3.31. The van der Waals surface area contributed by atoms with Gasteiger partial charge in [0.1, 0.15) is 19.0 Å². The highest BCUT2D eigenvalue weighted by atomic mass is 19.1. The highest BCUT2D eigenvalue weighted by Crippen LogP contribution is 2.33. The lowest BCUT2D eigenvalue weighted by molar-refractivity contribution is -0.118. The van der Waals surface area contributed by atoms with Gasteiger partial charge in [0.05, 0.1) is 5.69 Å². The third-order valence-corrected chi connectivity index (χ3v) is 4.92. The Morgan fingerprint density at radius 1 is 1.15 bits per heavy atom. The molecule has 2 heterocycles. The normalized spacial score (nSPS) is 15.5.